The van der Waals surface area contributed by atoms with E-state index in [1.807, 2.05) is 0 Å². The molecule has 0 radical (unpaired) electrons. The molecule has 1 amide bonds. The predicted octanol–water partition coefficient (Wildman–Crippen LogP) is 5.41. The second kappa shape index (κ2) is 9.69. The van der Waals surface area contributed by atoms with E-state index in [1.54, 1.807) is 54.6 Å². The van der Waals surface area contributed by atoms with Crippen molar-refractivity contribution in [1.29, 1.82) is 0 Å². The molecule has 0 spiro atoms. The lowest BCUT2D eigenvalue weighted by Crippen LogP contribution is -2.13. The highest BCUT2D eigenvalue weighted by molar-refractivity contribution is 6.31. The first kappa shape index (κ1) is 21.7. The van der Waals surface area contributed by atoms with Gasteiger partial charge in [0.1, 0.15) is 5.75 Å². The standard InChI is InChI=1S/C23H17ClN2O5/c1-31-22-13-7-17(24)14-20(22)23(28)25-18-8-5-16(6-9-18)21(27)12-4-15-2-10-19(11-3-15)26(29)30/h2-14H,1H3,(H,25,28)/b12-4+. The Morgan fingerprint density at radius 3 is 2.32 bits per heavy atom. The largest absolute Gasteiger partial charge is 0.496 e. The molecule has 3 rings (SSSR count). The molecule has 0 saturated heterocycles. The number of ether oxygens (including phenoxy) is 1. The van der Waals surface area contributed by atoms with Crippen LogP contribution in [0.3, 0.4) is 0 Å². The van der Waals surface area contributed by atoms with Crippen molar-refractivity contribution in [3.05, 3.63) is 105 Å². The number of non-ortho nitro benzene ring substituents is 1. The maximum absolute atomic E-state index is 12.5. The Labute approximate surface area is 183 Å². The summed E-state index contributed by atoms with van der Waals surface area (Å²) in [4.78, 5) is 35.1. The zero-order valence-electron chi connectivity index (χ0n) is 16.4. The Bertz CT molecular complexity index is 1160. The minimum atomic E-state index is -0.485. The number of amides is 1. The van der Waals surface area contributed by atoms with Crippen molar-refractivity contribution in [2.75, 3.05) is 12.4 Å². The van der Waals surface area contributed by atoms with Gasteiger partial charge in [-0.15, -0.1) is 0 Å². The highest BCUT2D eigenvalue weighted by Crippen LogP contribution is 2.24. The molecule has 0 bridgehead atoms. The van der Waals surface area contributed by atoms with Crippen LogP contribution in [-0.4, -0.2) is 23.7 Å². The summed E-state index contributed by atoms with van der Waals surface area (Å²) >= 11 is 5.96. The van der Waals surface area contributed by atoms with E-state index in [2.05, 4.69) is 5.32 Å². The normalized spacial score (nSPS) is 10.6. The highest BCUT2D eigenvalue weighted by Gasteiger charge is 2.13. The number of hydrogen-bond donors (Lipinski definition) is 1. The first-order valence-corrected chi connectivity index (χ1v) is 9.47. The van der Waals surface area contributed by atoms with Crippen molar-refractivity contribution >= 4 is 40.7 Å². The van der Waals surface area contributed by atoms with Crippen LogP contribution < -0.4 is 10.1 Å². The summed E-state index contributed by atoms with van der Waals surface area (Å²) in [6, 6.07) is 17.0. The number of nitro groups is 1. The highest BCUT2D eigenvalue weighted by atomic mass is 35.5. The van der Waals surface area contributed by atoms with Gasteiger partial charge in [0, 0.05) is 28.4 Å². The van der Waals surface area contributed by atoms with Crippen molar-refractivity contribution in [2.45, 2.75) is 0 Å². The number of halogens is 1. The summed E-state index contributed by atoms with van der Waals surface area (Å²) < 4.78 is 5.19. The van der Waals surface area contributed by atoms with E-state index >= 15 is 0 Å². The van der Waals surface area contributed by atoms with Crippen molar-refractivity contribution in [2.24, 2.45) is 0 Å². The van der Waals surface area contributed by atoms with E-state index in [-0.39, 0.29) is 11.5 Å². The minimum Gasteiger partial charge on any atom is -0.496 e. The van der Waals surface area contributed by atoms with Gasteiger partial charge in [-0.1, -0.05) is 17.7 Å². The van der Waals surface area contributed by atoms with Gasteiger partial charge in [0.25, 0.3) is 11.6 Å². The van der Waals surface area contributed by atoms with E-state index in [0.717, 1.165) is 0 Å². The molecule has 0 unspecified atom stereocenters. The number of hydrogen-bond acceptors (Lipinski definition) is 5. The van der Waals surface area contributed by atoms with Gasteiger partial charge in [0.05, 0.1) is 17.6 Å². The number of nitrogens with one attached hydrogen (secondary N) is 1. The molecule has 0 aromatic heterocycles. The molecule has 7 nitrogen and oxygen atoms in total. The van der Waals surface area contributed by atoms with E-state index in [4.69, 9.17) is 16.3 Å². The third-order valence-corrected chi connectivity index (χ3v) is 4.60. The van der Waals surface area contributed by atoms with Gasteiger partial charge in [-0.3, -0.25) is 19.7 Å². The van der Waals surface area contributed by atoms with Crippen LogP contribution in [0.4, 0.5) is 11.4 Å². The Hall–Kier alpha value is -3.97. The van der Waals surface area contributed by atoms with Gasteiger partial charge in [-0.2, -0.15) is 0 Å². The van der Waals surface area contributed by atoms with Gasteiger partial charge >= 0.3 is 0 Å². The Balaban J connectivity index is 1.67. The maximum Gasteiger partial charge on any atom is 0.269 e. The van der Waals surface area contributed by atoms with Crippen molar-refractivity contribution in [3.8, 4) is 5.75 Å². The van der Waals surface area contributed by atoms with Crippen LogP contribution in [0, 0.1) is 10.1 Å². The SMILES string of the molecule is COc1ccc(Cl)cc1C(=O)Nc1ccc(C(=O)/C=C/c2ccc([N+](=O)[O-])cc2)cc1. The molecule has 3 aromatic carbocycles. The average Bonchev–Trinajstić information content (AvgIpc) is 2.78. The lowest BCUT2D eigenvalue weighted by Gasteiger charge is -2.10. The molecule has 1 N–H and O–H groups in total. The Kier molecular flexibility index (Phi) is 6.79. The van der Waals surface area contributed by atoms with Crippen LogP contribution in [0.25, 0.3) is 6.08 Å². The molecule has 0 aliphatic carbocycles. The summed E-state index contributed by atoms with van der Waals surface area (Å²) in [7, 11) is 1.46. The Morgan fingerprint density at radius 1 is 1.03 bits per heavy atom. The van der Waals surface area contributed by atoms with Crippen molar-refractivity contribution < 1.29 is 19.2 Å². The molecule has 0 heterocycles. The molecule has 0 aliphatic heterocycles. The fourth-order valence-electron chi connectivity index (χ4n) is 2.75. The van der Waals surface area contributed by atoms with Crippen LogP contribution in [0.5, 0.6) is 5.75 Å². The van der Waals surface area contributed by atoms with Gasteiger partial charge in [0.2, 0.25) is 0 Å². The number of allylic oxidation sites excluding steroid dienone is 1. The van der Waals surface area contributed by atoms with Crippen LogP contribution in [-0.2, 0) is 0 Å². The number of benzene rings is 3. The molecule has 0 saturated carbocycles. The minimum absolute atomic E-state index is 0.0171. The molecule has 0 fully saturated rings. The van der Waals surface area contributed by atoms with E-state index in [0.29, 0.717) is 33.1 Å². The topological polar surface area (TPSA) is 98.5 Å². The quantitative estimate of drug-likeness (QED) is 0.231. The van der Waals surface area contributed by atoms with Crippen LogP contribution in [0.15, 0.2) is 72.8 Å². The monoisotopic (exact) mass is 436 g/mol. The van der Waals surface area contributed by atoms with E-state index in [9.17, 15) is 19.7 Å². The molecule has 156 valence electrons. The van der Waals surface area contributed by atoms with Gasteiger partial charge in [-0.25, -0.2) is 0 Å². The summed E-state index contributed by atoms with van der Waals surface area (Å²) in [6.07, 6.45) is 2.96. The van der Waals surface area contributed by atoms with Crippen LogP contribution in [0.2, 0.25) is 5.02 Å². The molecule has 0 atom stereocenters. The fraction of sp³-hybridized carbons (Fsp3) is 0.0435. The smallest absolute Gasteiger partial charge is 0.269 e. The van der Waals surface area contributed by atoms with Gasteiger partial charge in [-0.05, 0) is 66.2 Å². The first-order chi connectivity index (χ1) is 14.9. The Morgan fingerprint density at radius 2 is 1.71 bits per heavy atom. The van der Waals surface area contributed by atoms with Gasteiger partial charge < -0.3 is 10.1 Å². The second-order valence-electron chi connectivity index (χ2n) is 6.42. The number of anilines is 1. The summed E-state index contributed by atoms with van der Waals surface area (Å²) in [5.41, 5.74) is 1.87. The van der Waals surface area contributed by atoms with Gasteiger partial charge in [0.15, 0.2) is 5.78 Å². The first-order valence-electron chi connectivity index (χ1n) is 9.09. The molecule has 31 heavy (non-hydrogen) atoms. The zero-order chi connectivity index (χ0) is 22.4. The number of ketones is 1. The number of nitro benzene ring substituents is 1. The van der Waals surface area contributed by atoms with Crippen molar-refractivity contribution in [3.63, 3.8) is 0 Å². The maximum atomic E-state index is 12.5. The number of rotatable bonds is 7. The number of carbonyl (C=O) groups excluding carboxylic acids is 2. The summed E-state index contributed by atoms with van der Waals surface area (Å²) in [6.45, 7) is 0. The van der Waals surface area contributed by atoms with E-state index in [1.165, 1.54) is 31.4 Å². The fourth-order valence-corrected chi connectivity index (χ4v) is 2.92. The zero-order valence-corrected chi connectivity index (χ0v) is 17.1. The lowest BCUT2D eigenvalue weighted by atomic mass is 10.1. The molecular weight excluding hydrogens is 420 g/mol. The number of carbonyl (C=O) groups is 2. The van der Waals surface area contributed by atoms with Crippen LogP contribution >= 0.6 is 11.6 Å². The summed E-state index contributed by atoms with van der Waals surface area (Å²) in [5.74, 6) is -0.241. The molecule has 8 heteroatoms. The van der Waals surface area contributed by atoms with Crippen molar-refractivity contribution in [1.82, 2.24) is 0 Å². The molecule has 3 aromatic rings. The third-order valence-electron chi connectivity index (χ3n) is 4.36. The number of nitrogens with zero attached hydrogens (tertiary/aromatic N) is 1. The lowest BCUT2D eigenvalue weighted by molar-refractivity contribution is -0.384. The average molecular weight is 437 g/mol. The second-order valence-corrected chi connectivity index (χ2v) is 6.86. The summed E-state index contributed by atoms with van der Waals surface area (Å²) in [5, 5.41) is 13.8. The number of methoxy groups -OCH3 is 1. The van der Waals surface area contributed by atoms with E-state index < -0.39 is 10.8 Å². The molecular formula is C23H17ClN2O5. The predicted molar refractivity (Wildman–Crippen MR) is 119 cm³/mol. The molecule has 0 aliphatic rings. The van der Waals surface area contributed by atoms with Crippen LogP contribution in [0.1, 0.15) is 26.3 Å². The third kappa shape index (κ3) is 5.55.